The summed E-state index contributed by atoms with van der Waals surface area (Å²) in [4.78, 5) is 16.1. The van der Waals surface area contributed by atoms with E-state index in [2.05, 4.69) is 37.1 Å². The summed E-state index contributed by atoms with van der Waals surface area (Å²) in [6.07, 6.45) is 5.10. The molecule has 6 nitrogen and oxygen atoms in total. The average Bonchev–Trinajstić information content (AvgIpc) is 2.99. The fraction of sp³-hybridized carbons (Fsp3) is 0.474. The molecule has 2 aromatic heterocycles. The van der Waals surface area contributed by atoms with Crippen molar-refractivity contribution in [2.45, 2.75) is 52.9 Å². The quantitative estimate of drug-likeness (QED) is 0.313. The van der Waals surface area contributed by atoms with Gasteiger partial charge in [0, 0.05) is 12.1 Å². The zero-order chi connectivity index (χ0) is 18.2. The predicted octanol–water partition coefficient (Wildman–Crippen LogP) is 3.05. The van der Waals surface area contributed by atoms with Crippen molar-refractivity contribution in [2.75, 3.05) is 11.9 Å². The van der Waals surface area contributed by atoms with Crippen molar-refractivity contribution in [3.63, 3.8) is 0 Å². The van der Waals surface area contributed by atoms with Gasteiger partial charge in [0.2, 0.25) is 0 Å². The topological polar surface area (TPSA) is 78.7 Å². The summed E-state index contributed by atoms with van der Waals surface area (Å²) in [6, 6.07) is 4.10. The summed E-state index contributed by atoms with van der Waals surface area (Å²) >= 11 is 0. The lowest BCUT2D eigenvalue weighted by Gasteiger charge is -2.09. The molecule has 0 unspecified atom stereocenters. The lowest BCUT2D eigenvalue weighted by molar-refractivity contribution is -0.127. The maximum Gasteiger partial charge on any atom is 0.262 e. The van der Waals surface area contributed by atoms with E-state index in [0.717, 1.165) is 42.6 Å². The molecule has 3 N–H and O–H groups in total. The first-order chi connectivity index (χ1) is 12.1. The molecule has 0 saturated heterocycles. The number of hydroxylamine groups is 1. The van der Waals surface area contributed by atoms with Crippen LogP contribution in [0.15, 0.2) is 12.1 Å². The molecule has 0 spiro atoms. The number of fused-ring (bicyclic) bond motifs is 1. The normalized spacial score (nSPS) is 10.4. The smallest absolute Gasteiger partial charge is 0.262 e. The van der Waals surface area contributed by atoms with Gasteiger partial charge in [0.15, 0.2) is 5.69 Å². The number of hydrogen-bond donors (Lipinski definition) is 3. The monoisotopic (exact) mass is 342 g/mol. The minimum absolute atomic E-state index is 0.0510. The third-order valence-corrected chi connectivity index (χ3v) is 4.08. The van der Waals surface area contributed by atoms with Gasteiger partial charge in [-0.1, -0.05) is 38.7 Å². The van der Waals surface area contributed by atoms with E-state index in [1.165, 1.54) is 6.42 Å². The molecule has 6 heteroatoms. The van der Waals surface area contributed by atoms with Crippen LogP contribution in [-0.2, 0) is 11.2 Å². The molecule has 2 heterocycles. The Labute approximate surface area is 148 Å². The molecule has 0 radical (unpaired) electrons. The van der Waals surface area contributed by atoms with Gasteiger partial charge in [-0.3, -0.25) is 14.4 Å². The van der Waals surface area contributed by atoms with Gasteiger partial charge in [0.05, 0.1) is 6.54 Å². The molecule has 0 atom stereocenters. The third kappa shape index (κ3) is 4.52. The minimum atomic E-state index is -0.513. The molecule has 0 aliphatic carbocycles. The first-order valence-electron chi connectivity index (χ1n) is 8.78. The van der Waals surface area contributed by atoms with E-state index >= 15 is 0 Å². The Hall–Kier alpha value is -2.52. The number of anilines is 1. The number of nitrogens with zero attached hydrogens (tertiary/aromatic N) is 2. The van der Waals surface area contributed by atoms with Gasteiger partial charge >= 0.3 is 0 Å². The second-order valence-electron chi connectivity index (χ2n) is 5.97. The number of rotatable bonds is 7. The summed E-state index contributed by atoms with van der Waals surface area (Å²) < 4.78 is 1.99. The number of amides is 1. The van der Waals surface area contributed by atoms with Crippen LogP contribution in [0.1, 0.15) is 56.5 Å². The number of unbranched alkanes of at least 4 members (excludes halogenated alkanes) is 3. The highest BCUT2D eigenvalue weighted by molar-refractivity contribution is 5.80. The molecule has 2 rings (SSSR count). The maximum atomic E-state index is 11.4. The molecule has 0 bridgehead atoms. The fourth-order valence-corrected chi connectivity index (χ4v) is 2.69. The minimum Gasteiger partial charge on any atom is -0.360 e. The summed E-state index contributed by atoms with van der Waals surface area (Å²) in [7, 11) is 0. The Morgan fingerprint density at radius 1 is 1.32 bits per heavy atom. The van der Waals surface area contributed by atoms with Gasteiger partial charge in [-0.15, -0.1) is 0 Å². The Morgan fingerprint density at radius 2 is 2.12 bits per heavy atom. The number of pyridine rings is 1. The first-order valence-corrected chi connectivity index (χ1v) is 8.78. The Morgan fingerprint density at radius 3 is 2.80 bits per heavy atom. The van der Waals surface area contributed by atoms with Crippen LogP contribution in [0.25, 0.3) is 5.65 Å². The zero-order valence-corrected chi connectivity index (χ0v) is 15.1. The third-order valence-electron chi connectivity index (χ3n) is 4.08. The van der Waals surface area contributed by atoms with Crippen LogP contribution in [0.4, 0.5) is 5.82 Å². The van der Waals surface area contributed by atoms with Crippen molar-refractivity contribution in [1.29, 1.82) is 0 Å². The number of carbonyl (C=O) groups is 1. The van der Waals surface area contributed by atoms with E-state index in [9.17, 15) is 4.79 Å². The van der Waals surface area contributed by atoms with Crippen molar-refractivity contribution >= 4 is 17.4 Å². The van der Waals surface area contributed by atoms with Crippen LogP contribution in [0, 0.1) is 18.8 Å². The molecule has 1 amide bonds. The molecule has 134 valence electrons. The van der Waals surface area contributed by atoms with Gasteiger partial charge in [0.1, 0.15) is 11.5 Å². The van der Waals surface area contributed by atoms with E-state index in [-0.39, 0.29) is 6.54 Å². The van der Waals surface area contributed by atoms with Gasteiger partial charge in [-0.2, -0.15) is 0 Å². The Balaban J connectivity index is 2.43. The molecule has 2 aromatic rings. The predicted molar refractivity (Wildman–Crippen MR) is 98.7 cm³/mol. The molecule has 25 heavy (non-hydrogen) atoms. The first kappa shape index (κ1) is 18.8. The van der Waals surface area contributed by atoms with Gasteiger partial charge in [-0.25, -0.2) is 10.5 Å². The molecule has 0 saturated carbocycles. The second kappa shape index (κ2) is 9.09. The highest BCUT2D eigenvalue weighted by Gasteiger charge is 2.15. The maximum absolute atomic E-state index is 11.4. The lowest BCUT2D eigenvalue weighted by atomic mass is 10.2. The summed E-state index contributed by atoms with van der Waals surface area (Å²) in [5.74, 6) is 6.50. The van der Waals surface area contributed by atoms with Gasteiger partial charge in [0.25, 0.3) is 5.91 Å². The van der Waals surface area contributed by atoms with E-state index in [1.54, 1.807) is 5.48 Å². The Kier molecular flexibility index (Phi) is 6.84. The van der Waals surface area contributed by atoms with Gasteiger partial charge in [-0.05, 0) is 37.3 Å². The average molecular weight is 342 g/mol. The number of hydrogen-bond acceptors (Lipinski definition) is 4. The van der Waals surface area contributed by atoms with Crippen molar-refractivity contribution in [1.82, 2.24) is 14.9 Å². The SMILES string of the molecule is CCCCCC#Cc1nc2c(CC)ccc(C)n2c1NCC(=O)NO. The highest BCUT2D eigenvalue weighted by Crippen LogP contribution is 2.23. The number of aromatic nitrogens is 2. The lowest BCUT2D eigenvalue weighted by Crippen LogP contribution is -2.27. The second-order valence-corrected chi connectivity index (χ2v) is 5.97. The van der Waals surface area contributed by atoms with Crippen molar-refractivity contribution in [3.8, 4) is 11.8 Å². The van der Waals surface area contributed by atoms with Crippen LogP contribution in [0.2, 0.25) is 0 Å². The van der Waals surface area contributed by atoms with Crippen LogP contribution in [-0.4, -0.2) is 27.0 Å². The zero-order valence-electron chi connectivity index (χ0n) is 15.1. The van der Waals surface area contributed by atoms with Crippen LogP contribution in [0.5, 0.6) is 0 Å². The number of carbonyl (C=O) groups excluding carboxylic acids is 1. The van der Waals surface area contributed by atoms with E-state index in [4.69, 9.17) is 10.2 Å². The molecule has 0 aliphatic rings. The van der Waals surface area contributed by atoms with Crippen LogP contribution >= 0.6 is 0 Å². The highest BCUT2D eigenvalue weighted by atomic mass is 16.5. The van der Waals surface area contributed by atoms with Crippen molar-refractivity contribution in [3.05, 3.63) is 29.1 Å². The van der Waals surface area contributed by atoms with E-state index in [1.807, 2.05) is 17.4 Å². The van der Waals surface area contributed by atoms with E-state index in [0.29, 0.717) is 11.5 Å². The summed E-state index contributed by atoms with van der Waals surface area (Å²) in [6.45, 7) is 6.19. The summed E-state index contributed by atoms with van der Waals surface area (Å²) in [5, 5.41) is 11.8. The van der Waals surface area contributed by atoms with E-state index < -0.39 is 5.91 Å². The van der Waals surface area contributed by atoms with Crippen molar-refractivity contribution < 1.29 is 10.0 Å². The molecule has 0 aliphatic heterocycles. The molecular weight excluding hydrogens is 316 g/mol. The fourth-order valence-electron chi connectivity index (χ4n) is 2.69. The van der Waals surface area contributed by atoms with Gasteiger partial charge < -0.3 is 5.32 Å². The molecule has 0 fully saturated rings. The van der Waals surface area contributed by atoms with Crippen LogP contribution in [0.3, 0.4) is 0 Å². The standard InChI is InChI=1S/C19H26N4O2/c1-4-6-7-8-9-10-16-19(20-13-17(24)22-25)23-14(3)11-12-15(5-2)18(23)21-16/h11-12,20,25H,4-8,13H2,1-3H3,(H,22,24). The number of nitrogens with one attached hydrogen (secondary N) is 2. The number of imidazole rings is 1. The van der Waals surface area contributed by atoms with Crippen LogP contribution < -0.4 is 10.8 Å². The Bertz CT molecular complexity index is 799. The van der Waals surface area contributed by atoms with Crippen molar-refractivity contribution in [2.24, 2.45) is 0 Å². The number of aryl methyl sites for hydroxylation is 2. The molecular formula is C19H26N4O2. The molecule has 0 aromatic carbocycles. The summed E-state index contributed by atoms with van der Waals surface area (Å²) in [5.41, 5.74) is 5.25. The largest absolute Gasteiger partial charge is 0.360 e.